The second-order valence-corrected chi connectivity index (χ2v) is 4.10. The number of carbonyl (C=O) groups excluding carboxylic acids is 1. The van der Waals surface area contributed by atoms with E-state index in [1.807, 2.05) is 24.3 Å². The first kappa shape index (κ1) is 12.3. The lowest BCUT2D eigenvalue weighted by Crippen LogP contribution is -2.40. The number of rotatable bonds is 2. The number of anilines is 1. The standard InChI is InChI=1S/C14H12N2OS/c15-14(18)16(12-9-5-2-6-10-12)13(17)11-7-3-1-4-8-11/h1-10H,(H2,15,18). The summed E-state index contributed by atoms with van der Waals surface area (Å²) in [5.41, 5.74) is 6.86. The Bertz CT molecular complexity index is 555. The molecule has 0 unspecified atom stereocenters. The van der Waals surface area contributed by atoms with E-state index in [0.717, 1.165) is 0 Å². The fourth-order valence-electron chi connectivity index (χ4n) is 1.63. The lowest BCUT2D eigenvalue weighted by molar-refractivity contribution is 0.100. The summed E-state index contributed by atoms with van der Waals surface area (Å²) in [4.78, 5) is 13.7. The zero-order valence-electron chi connectivity index (χ0n) is 9.61. The quantitative estimate of drug-likeness (QED) is 0.840. The molecule has 90 valence electrons. The molecule has 1 amide bonds. The van der Waals surface area contributed by atoms with Crippen LogP contribution >= 0.6 is 12.2 Å². The van der Waals surface area contributed by atoms with Crippen LogP contribution in [0.25, 0.3) is 0 Å². The molecule has 0 saturated heterocycles. The highest BCUT2D eigenvalue weighted by atomic mass is 32.1. The van der Waals surface area contributed by atoms with Crippen LogP contribution < -0.4 is 10.6 Å². The first-order valence-electron chi connectivity index (χ1n) is 5.44. The minimum absolute atomic E-state index is 0.0371. The maximum Gasteiger partial charge on any atom is 0.264 e. The van der Waals surface area contributed by atoms with Crippen molar-refractivity contribution in [1.29, 1.82) is 0 Å². The van der Waals surface area contributed by atoms with E-state index in [9.17, 15) is 4.79 Å². The monoisotopic (exact) mass is 256 g/mol. The molecule has 0 heterocycles. The molecule has 0 bridgehead atoms. The zero-order chi connectivity index (χ0) is 13.0. The van der Waals surface area contributed by atoms with E-state index in [0.29, 0.717) is 11.3 Å². The molecule has 0 saturated carbocycles. The Morgan fingerprint density at radius 1 is 0.944 bits per heavy atom. The highest BCUT2D eigenvalue weighted by molar-refractivity contribution is 7.80. The van der Waals surface area contributed by atoms with Gasteiger partial charge in [-0.15, -0.1) is 0 Å². The highest BCUT2D eigenvalue weighted by Gasteiger charge is 2.19. The predicted octanol–water partition coefficient (Wildman–Crippen LogP) is 2.58. The largest absolute Gasteiger partial charge is 0.376 e. The average Bonchev–Trinajstić information content (AvgIpc) is 2.40. The molecular formula is C14H12N2OS. The van der Waals surface area contributed by atoms with Crippen molar-refractivity contribution in [1.82, 2.24) is 0 Å². The highest BCUT2D eigenvalue weighted by Crippen LogP contribution is 2.16. The molecule has 0 fully saturated rings. The van der Waals surface area contributed by atoms with E-state index in [-0.39, 0.29) is 11.0 Å². The number of hydrogen-bond donors (Lipinski definition) is 1. The normalized spacial score (nSPS) is 9.78. The zero-order valence-corrected chi connectivity index (χ0v) is 10.4. The number of nitrogens with zero attached hydrogens (tertiary/aromatic N) is 1. The molecule has 0 aromatic heterocycles. The molecule has 0 aliphatic rings. The minimum Gasteiger partial charge on any atom is -0.376 e. The average molecular weight is 256 g/mol. The van der Waals surface area contributed by atoms with E-state index in [2.05, 4.69) is 0 Å². The molecule has 0 aliphatic heterocycles. The van der Waals surface area contributed by atoms with Crippen molar-refractivity contribution in [3.63, 3.8) is 0 Å². The molecule has 2 aromatic carbocycles. The number of benzene rings is 2. The molecular weight excluding hydrogens is 244 g/mol. The number of hydrogen-bond acceptors (Lipinski definition) is 2. The van der Waals surface area contributed by atoms with Crippen molar-refractivity contribution in [2.24, 2.45) is 5.73 Å². The third-order valence-corrected chi connectivity index (χ3v) is 2.64. The summed E-state index contributed by atoms with van der Waals surface area (Å²) in [6, 6.07) is 18.0. The third kappa shape index (κ3) is 2.55. The molecule has 2 N–H and O–H groups in total. The van der Waals surface area contributed by atoms with Crippen LogP contribution in [-0.4, -0.2) is 11.0 Å². The number of carbonyl (C=O) groups is 1. The number of thiocarbonyl (C=S) groups is 1. The molecule has 0 aliphatic carbocycles. The van der Waals surface area contributed by atoms with Gasteiger partial charge < -0.3 is 5.73 Å². The Kier molecular flexibility index (Phi) is 3.69. The van der Waals surface area contributed by atoms with Crippen molar-refractivity contribution >= 4 is 28.9 Å². The van der Waals surface area contributed by atoms with E-state index in [4.69, 9.17) is 18.0 Å². The summed E-state index contributed by atoms with van der Waals surface area (Å²) < 4.78 is 0. The van der Waals surface area contributed by atoms with Gasteiger partial charge in [0.1, 0.15) is 0 Å². The molecule has 2 rings (SSSR count). The summed E-state index contributed by atoms with van der Waals surface area (Å²) in [7, 11) is 0. The lowest BCUT2D eigenvalue weighted by atomic mass is 10.2. The van der Waals surface area contributed by atoms with Gasteiger partial charge in [-0.05, 0) is 36.5 Å². The van der Waals surface area contributed by atoms with Crippen molar-refractivity contribution in [2.45, 2.75) is 0 Å². The smallest absolute Gasteiger partial charge is 0.264 e. The molecule has 0 spiro atoms. The second-order valence-electron chi connectivity index (χ2n) is 3.68. The van der Waals surface area contributed by atoms with Gasteiger partial charge in [0.15, 0.2) is 5.11 Å². The van der Waals surface area contributed by atoms with Crippen LogP contribution in [0.15, 0.2) is 60.7 Å². The maximum atomic E-state index is 12.3. The molecule has 2 aromatic rings. The minimum atomic E-state index is -0.227. The molecule has 0 atom stereocenters. The first-order valence-corrected chi connectivity index (χ1v) is 5.85. The number of para-hydroxylation sites is 1. The van der Waals surface area contributed by atoms with Gasteiger partial charge in [-0.2, -0.15) is 0 Å². The summed E-state index contributed by atoms with van der Waals surface area (Å²) in [5.74, 6) is -0.227. The van der Waals surface area contributed by atoms with Crippen LogP contribution in [-0.2, 0) is 0 Å². The van der Waals surface area contributed by atoms with E-state index >= 15 is 0 Å². The van der Waals surface area contributed by atoms with Crippen LogP contribution in [0.1, 0.15) is 10.4 Å². The fraction of sp³-hybridized carbons (Fsp3) is 0. The summed E-state index contributed by atoms with van der Waals surface area (Å²) >= 11 is 4.96. The lowest BCUT2D eigenvalue weighted by Gasteiger charge is -2.20. The van der Waals surface area contributed by atoms with Crippen LogP contribution in [0.3, 0.4) is 0 Å². The van der Waals surface area contributed by atoms with Gasteiger partial charge in [0.2, 0.25) is 0 Å². The van der Waals surface area contributed by atoms with Crippen LogP contribution in [0, 0.1) is 0 Å². The van der Waals surface area contributed by atoms with Gasteiger partial charge >= 0.3 is 0 Å². The van der Waals surface area contributed by atoms with Crippen molar-refractivity contribution < 1.29 is 4.79 Å². The van der Waals surface area contributed by atoms with Crippen molar-refractivity contribution in [3.8, 4) is 0 Å². The summed E-state index contributed by atoms with van der Waals surface area (Å²) in [6.07, 6.45) is 0. The molecule has 3 nitrogen and oxygen atoms in total. The Morgan fingerprint density at radius 2 is 1.44 bits per heavy atom. The van der Waals surface area contributed by atoms with Gasteiger partial charge in [-0.25, -0.2) is 0 Å². The first-order chi connectivity index (χ1) is 8.70. The topological polar surface area (TPSA) is 46.3 Å². The van der Waals surface area contributed by atoms with Gasteiger partial charge in [-0.3, -0.25) is 9.69 Å². The van der Waals surface area contributed by atoms with E-state index in [1.54, 1.807) is 36.4 Å². The Morgan fingerprint density at radius 3 is 1.94 bits per heavy atom. The maximum absolute atomic E-state index is 12.3. The molecule has 18 heavy (non-hydrogen) atoms. The Labute approximate surface area is 111 Å². The van der Waals surface area contributed by atoms with Crippen molar-refractivity contribution in [2.75, 3.05) is 4.90 Å². The number of nitrogens with two attached hydrogens (primary N) is 1. The SMILES string of the molecule is NC(=S)N(C(=O)c1ccccc1)c1ccccc1. The van der Waals surface area contributed by atoms with Gasteiger partial charge in [0.25, 0.3) is 5.91 Å². The summed E-state index contributed by atoms with van der Waals surface area (Å²) in [5, 5.41) is 0.0371. The van der Waals surface area contributed by atoms with Crippen LogP contribution in [0.4, 0.5) is 5.69 Å². The third-order valence-electron chi connectivity index (χ3n) is 2.46. The molecule has 0 radical (unpaired) electrons. The van der Waals surface area contributed by atoms with Gasteiger partial charge in [-0.1, -0.05) is 36.4 Å². The van der Waals surface area contributed by atoms with Gasteiger partial charge in [0.05, 0.1) is 5.69 Å². The Balaban J connectivity index is 2.39. The van der Waals surface area contributed by atoms with E-state index < -0.39 is 0 Å². The van der Waals surface area contributed by atoms with Gasteiger partial charge in [0, 0.05) is 5.56 Å². The van der Waals surface area contributed by atoms with Crippen LogP contribution in [0.5, 0.6) is 0 Å². The number of amides is 1. The fourth-order valence-corrected chi connectivity index (χ4v) is 1.82. The predicted molar refractivity (Wildman–Crippen MR) is 76.5 cm³/mol. The van der Waals surface area contributed by atoms with Crippen molar-refractivity contribution in [3.05, 3.63) is 66.2 Å². The second kappa shape index (κ2) is 5.42. The van der Waals surface area contributed by atoms with Crippen LogP contribution in [0.2, 0.25) is 0 Å². The Hall–Kier alpha value is -2.20. The van der Waals surface area contributed by atoms with E-state index in [1.165, 1.54) is 4.90 Å². The molecule has 4 heteroatoms. The summed E-state index contributed by atoms with van der Waals surface area (Å²) in [6.45, 7) is 0.